The molecule has 0 spiro atoms. The highest BCUT2D eigenvalue weighted by Gasteiger charge is 2.07. The summed E-state index contributed by atoms with van der Waals surface area (Å²) in [5.41, 5.74) is 0.884. The predicted molar refractivity (Wildman–Crippen MR) is 118 cm³/mol. The van der Waals surface area contributed by atoms with Crippen molar-refractivity contribution in [1.29, 1.82) is 0 Å². The number of para-hydroxylation sites is 1. The highest BCUT2D eigenvalue weighted by molar-refractivity contribution is 5.53. The van der Waals surface area contributed by atoms with E-state index in [1.165, 1.54) is 0 Å². The summed E-state index contributed by atoms with van der Waals surface area (Å²) in [5.74, 6) is 2.84. The summed E-state index contributed by atoms with van der Waals surface area (Å²) >= 11 is 0. The van der Waals surface area contributed by atoms with E-state index >= 15 is 0 Å². The van der Waals surface area contributed by atoms with Crippen LogP contribution in [0.3, 0.4) is 0 Å². The van der Waals surface area contributed by atoms with Gasteiger partial charge in [0.1, 0.15) is 11.5 Å². The fourth-order valence-electron chi connectivity index (χ4n) is 2.78. The highest BCUT2D eigenvalue weighted by atomic mass is 16.5. The van der Waals surface area contributed by atoms with E-state index < -0.39 is 0 Å². The molecule has 3 rings (SSSR count). The number of allylic oxidation sites excluding steroid dienone is 1. The summed E-state index contributed by atoms with van der Waals surface area (Å²) < 4.78 is 17.2. The van der Waals surface area contributed by atoms with Crippen LogP contribution < -0.4 is 9.47 Å². The monoisotopic (exact) mass is 407 g/mol. The normalized spacial score (nSPS) is 11.3. The first-order valence-electron chi connectivity index (χ1n) is 10.2. The Morgan fingerprint density at radius 3 is 2.37 bits per heavy atom. The summed E-state index contributed by atoms with van der Waals surface area (Å²) in [6.07, 6.45) is 6.51. The third kappa shape index (κ3) is 7.37. The van der Waals surface area contributed by atoms with E-state index in [-0.39, 0.29) is 0 Å². The minimum absolute atomic E-state index is 0.518. The maximum atomic E-state index is 5.76. The average Bonchev–Trinajstić information content (AvgIpc) is 3.24. The largest absolute Gasteiger partial charge is 0.494 e. The maximum absolute atomic E-state index is 5.76. The quantitative estimate of drug-likeness (QED) is 0.322. The second kappa shape index (κ2) is 11.8. The van der Waals surface area contributed by atoms with Gasteiger partial charge in [0.15, 0.2) is 0 Å². The smallest absolute Gasteiger partial charge is 0.247 e. The lowest BCUT2D eigenvalue weighted by atomic mass is 10.2. The molecule has 30 heavy (non-hydrogen) atoms. The van der Waals surface area contributed by atoms with Crippen LogP contribution in [0.1, 0.15) is 18.7 Å². The Kier molecular flexibility index (Phi) is 8.47. The number of hydrogen-bond acceptors (Lipinski definition) is 6. The number of ether oxygens (including phenoxy) is 2. The van der Waals surface area contributed by atoms with Crippen LogP contribution in [-0.4, -0.2) is 49.0 Å². The Morgan fingerprint density at radius 1 is 0.867 bits per heavy atom. The van der Waals surface area contributed by atoms with Crippen molar-refractivity contribution in [2.24, 2.45) is 0 Å². The molecule has 0 atom stereocenters. The van der Waals surface area contributed by atoms with Crippen LogP contribution in [-0.2, 0) is 6.42 Å². The van der Waals surface area contributed by atoms with E-state index in [9.17, 15) is 0 Å². The average molecular weight is 408 g/mol. The first kappa shape index (κ1) is 21.6. The molecule has 6 heteroatoms. The fourth-order valence-corrected chi connectivity index (χ4v) is 2.78. The van der Waals surface area contributed by atoms with E-state index in [0.717, 1.165) is 36.4 Å². The van der Waals surface area contributed by atoms with Gasteiger partial charge >= 0.3 is 0 Å². The van der Waals surface area contributed by atoms with Crippen LogP contribution in [0.5, 0.6) is 11.5 Å². The zero-order valence-electron chi connectivity index (χ0n) is 17.7. The van der Waals surface area contributed by atoms with Gasteiger partial charge < -0.3 is 18.8 Å². The molecule has 0 saturated heterocycles. The molecule has 0 saturated carbocycles. The maximum Gasteiger partial charge on any atom is 0.247 e. The Labute approximate surface area is 178 Å². The van der Waals surface area contributed by atoms with Crippen LogP contribution in [0.4, 0.5) is 0 Å². The van der Waals surface area contributed by atoms with Crippen LogP contribution in [0.2, 0.25) is 0 Å². The summed E-state index contributed by atoms with van der Waals surface area (Å²) in [5, 5.41) is 8.27. The van der Waals surface area contributed by atoms with Crippen molar-refractivity contribution in [2.75, 3.05) is 33.9 Å². The lowest BCUT2D eigenvalue weighted by Gasteiger charge is -2.10. The molecule has 0 bridgehead atoms. The summed E-state index contributed by atoms with van der Waals surface area (Å²) in [6, 6.07) is 17.5. The van der Waals surface area contributed by atoms with Gasteiger partial charge in [-0.3, -0.25) is 0 Å². The molecule has 1 aromatic heterocycles. The molecular weight excluding hydrogens is 378 g/mol. The predicted octanol–water partition coefficient (Wildman–Crippen LogP) is 4.63. The Bertz CT molecular complexity index is 890. The van der Waals surface area contributed by atoms with Crippen molar-refractivity contribution in [1.82, 2.24) is 15.1 Å². The molecule has 0 amide bonds. The third-order valence-electron chi connectivity index (χ3n) is 4.34. The van der Waals surface area contributed by atoms with Crippen LogP contribution in [0.15, 0.2) is 71.2 Å². The molecule has 0 aliphatic rings. The van der Waals surface area contributed by atoms with Gasteiger partial charge in [-0.05, 0) is 63.3 Å². The molecule has 0 N–H and O–H groups in total. The van der Waals surface area contributed by atoms with Crippen LogP contribution >= 0.6 is 0 Å². The van der Waals surface area contributed by atoms with E-state index in [0.29, 0.717) is 31.4 Å². The third-order valence-corrected chi connectivity index (χ3v) is 4.34. The molecule has 0 aliphatic heterocycles. The van der Waals surface area contributed by atoms with Crippen molar-refractivity contribution >= 4 is 0 Å². The van der Waals surface area contributed by atoms with Crippen molar-refractivity contribution in [3.63, 3.8) is 0 Å². The molecule has 2 aromatic carbocycles. The minimum Gasteiger partial charge on any atom is -0.494 e. The van der Waals surface area contributed by atoms with Crippen molar-refractivity contribution < 1.29 is 13.9 Å². The van der Waals surface area contributed by atoms with Crippen molar-refractivity contribution in [3.05, 3.63) is 72.6 Å². The zero-order chi connectivity index (χ0) is 21.0. The second-order valence-electron chi connectivity index (χ2n) is 7.16. The molecule has 0 fully saturated rings. The Hall–Kier alpha value is -3.12. The van der Waals surface area contributed by atoms with Gasteiger partial charge in [-0.2, -0.15) is 0 Å². The Balaban J connectivity index is 1.39. The summed E-state index contributed by atoms with van der Waals surface area (Å²) in [7, 11) is 4.12. The van der Waals surface area contributed by atoms with E-state index in [2.05, 4.69) is 35.3 Å². The second-order valence-corrected chi connectivity index (χ2v) is 7.16. The van der Waals surface area contributed by atoms with Crippen molar-refractivity contribution in [3.8, 4) is 23.0 Å². The molecule has 1 heterocycles. The van der Waals surface area contributed by atoms with Crippen LogP contribution in [0.25, 0.3) is 11.5 Å². The molecular formula is C24H29N3O3. The number of benzene rings is 2. The van der Waals surface area contributed by atoms with Gasteiger partial charge in [0.25, 0.3) is 0 Å². The molecule has 0 aliphatic carbocycles. The first-order valence-corrected chi connectivity index (χ1v) is 10.2. The van der Waals surface area contributed by atoms with Gasteiger partial charge in [-0.15, -0.1) is 10.2 Å². The molecule has 6 nitrogen and oxygen atoms in total. The number of rotatable bonds is 12. The van der Waals surface area contributed by atoms with E-state index in [1.807, 2.05) is 60.7 Å². The summed E-state index contributed by atoms with van der Waals surface area (Å²) in [4.78, 5) is 2.15. The highest BCUT2D eigenvalue weighted by Crippen LogP contribution is 2.21. The first-order chi connectivity index (χ1) is 14.7. The lowest BCUT2D eigenvalue weighted by molar-refractivity contribution is 0.281. The van der Waals surface area contributed by atoms with Gasteiger partial charge in [0, 0.05) is 18.5 Å². The molecule has 0 radical (unpaired) electrons. The van der Waals surface area contributed by atoms with Crippen molar-refractivity contribution in [2.45, 2.75) is 19.3 Å². The Morgan fingerprint density at radius 2 is 1.60 bits per heavy atom. The number of nitrogens with zero attached hydrogens (tertiary/aromatic N) is 3. The van der Waals surface area contributed by atoms with Crippen LogP contribution in [0, 0.1) is 0 Å². The molecule has 158 valence electrons. The van der Waals surface area contributed by atoms with Gasteiger partial charge in [0.05, 0.1) is 13.2 Å². The topological polar surface area (TPSA) is 60.6 Å². The molecule has 0 unspecified atom stereocenters. The number of hydrogen-bond donors (Lipinski definition) is 0. The zero-order valence-corrected chi connectivity index (χ0v) is 17.7. The standard InChI is InChI=1S/C24H29N3O3/c1-27(2)17-9-19-29-22-15-13-20(14-16-22)24-26-25-23(30-24)12-7-4-8-18-28-21-10-5-3-6-11-21/h3-7,10-11,13-16H,8-9,12,17-19H2,1-2H3/b7-4+. The van der Waals surface area contributed by atoms with E-state index in [1.54, 1.807) is 0 Å². The minimum atomic E-state index is 0.518. The van der Waals surface area contributed by atoms with Gasteiger partial charge in [0.2, 0.25) is 11.8 Å². The number of aromatic nitrogens is 2. The molecule has 3 aromatic rings. The van der Waals surface area contributed by atoms with Gasteiger partial charge in [-0.1, -0.05) is 30.4 Å². The fraction of sp³-hybridized carbons (Fsp3) is 0.333. The SMILES string of the molecule is CN(C)CCCOc1ccc(-c2nnc(C/C=C/CCOc3ccccc3)o2)cc1. The lowest BCUT2D eigenvalue weighted by Crippen LogP contribution is -2.15. The summed E-state index contributed by atoms with van der Waals surface area (Å²) in [6.45, 7) is 2.35. The van der Waals surface area contributed by atoms with Gasteiger partial charge in [-0.25, -0.2) is 0 Å². The van der Waals surface area contributed by atoms with E-state index in [4.69, 9.17) is 13.9 Å².